The van der Waals surface area contributed by atoms with Crippen LogP contribution in [0, 0.1) is 11.8 Å². The molecule has 14 heteroatoms. The van der Waals surface area contributed by atoms with E-state index >= 15 is 0 Å². The first kappa shape index (κ1) is 26.5. The maximum atomic E-state index is 14.2. The Morgan fingerprint density at radius 1 is 1.15 bits per heavy atom. The molecule has 41 heavy (non-hydrogen) atoms. The molecule has 1 amide bonds. The molecule has 5 heterocycles. The molecule has 0 radical (unpaired) electrons. The van der Waals surface area contributed by atoms with E-state index in [1.807, 2.05) is 12.1 Å². The van der Waals surface area contributed by atoms with E-state index in [1.165, 1.54) is 41.7 Å². The van der Waals surface area contributed by atoms with Crippen molar-refractivity contribution in [1.29, 1.82) is 0 Å². The molecule has 2 fully saturated rings. The summed E-state index contributed by atoms with van der Waals surface area (Å²) in [4.78, 5) is 70.0. The summed E-state index contributed by atoms with van der Waals surface area (Å²) in [7, 11) is 1.44. The second-order valence-corrected chi connectivity index (χ2v) is 10.9. The standard InChI is InChI=1S/C27H28FN9O4/c1-14(38)10-36-25(40)21-23(34(4)26(36)41)31-13-37(21)15(2)24(39)33-19-7-8-29-22(32-19)16-5-6-20(30-9-16)35-11-17-18(12-35)27(17,3)28/h5-9,13,15,17-18H,10-12H2,1-4H3,(H,29,32,33,39)/t15-,17?,18?,27?/m0/s1. The van der Waals surface area contributed by atoms with E-state index in [0.29, 0.717) is 24.5 Å². The summed E-state index contributed by atoms with van der Waals surface area (Å²) < 4.78 is 17.5. The van der Waals surface area contributed by atoms with Gasteiger partial charge in [-0.2, -0.15) is 0 Å². The Hall–Kier alpha value is -4.75. The van der Waals surface area contributed by atoms with E-state index in [0.717, 1.165) is 10.4 Å². The van der Waals surface area contributed by atoms with Gasteiger partial charge in [-0.25, -0.2) is 29.1 Å². The molecule has 2 unspecified atom stereocenters. The van der Waals surface area contributed by atoms with Crippen LogP contribution in [0.15, 0.2) is 46.5 Å². The third-order valence-corrected chi connectivity index (χ3v) is 8.13. The lowest BCUT2D eigenvalue weighted by Crippen LogP contribution is -2.41. The van der Waals surface area contributed by atoms with Crippen molar-refractivity contribution >= 4 is 34.5 Å². The number of pyridine rings is 1. The van der Waals surface area contributed by atoms with E-state index in [4.69, 9.17) is 0 Å². The number of aromatic nitrogens is 7. The lowest BCUT2D eigenvalue weighted by molar-refractivity contribution is -0.119. The Kier molecular flexibility index (Phi) is 6.08. The number of alkyl halides is 1. The van der Waals surface area contributed by atoms with E-state index in [1.54, 1.807) is 20.0 Å². The van der Waals surface area contributed by atoms with Crippen LogP contribution in [0.3, 0.4) is 0 Å². The molecule has 6 rings (SSSR count). The largest absolute Gasteiger partial charge is 0.356 e. The van der Waals surface area contributed by atoms with Crippen molar-refractivity contribution in [2.45, 2.75) is 39.0 Å². The summed E-state index contributed by atoms with van der Waals surface area (Å²) in [5.41, 5.74) is -1.67. The number of rotatable bonds is 7. The number of carbonyl (C=O) groups is 2. The van der Waals surface area contributed by atoms with Gasteiger partial charge in [-0.15, -0.1) is 0 Å². The molecule has 0 aromatic carbocycles. The fourth-order valence-electron chi connectivity index (χ4n) is 5.58. The van der Waals surface area contributed by atoms with E-state index in [2.05, 4.69) is 30.2 Å². The molecule has 0 spiro atoms. The van der Waals surface area contributed by atoms with Gasteiger partial charge in [-0.05, 0) is 39.0 Å². The third kappa shape index (κ3) is 4.39. The van der Waals surface area contributed by atoms with Crippen LogP contribution >= 0.6 is 0 Å². The SMILES string of the molecule is CC(=O)Cn1c(=O)c2c(ncn2[C@@H](C)C(=O)Nc2ccnc(-c3ccc(N4CC5C(C4)C5(C)F)nc3)n2)n(C)c1=O. The van der Waals surface area contributed by atoms with Crippen LogP contribution in [0.4, 0.5) is 16.0 Å². The second-order valence-electron chi connectivity index (χ2n) is 10.9. The van der Waals surface area contributed by atoms with Gasteiger partial charge in [-0.3, -0.25) is 23.5 Å². The summed E-state index contributed by atoms with van der Waals surface area (Å²) >= 11 is 0. The highest BCUT2D eigenvalue weighted by Crippen LogP contribution is 2.58. The van der Waals surface area contributed by atoms with Gasteiger partial charge >= 0.3 is 5.69 Å². The molecule has 1 N–H and O–H groups in total. The van der Waals surface area contributed by atoms with Gasteiger partial charge in [0.25, 0.3) is 5.56 Å². The average Bonchev–Trinajstić information content (AvgIpc) is 3.38. The first-order valence-corrected chi connectivity index (χ1v) is 13.2. The molecule has 2 aliphatic rings. The number of imidazole rings is 1. The van der Waals surface area contributed by atoms with Crippen molar-refractivity contribution in [2.24, 2.45) is 18.9 Å². The van der Waals surface area contributed by atoms with E-state index in [9.17, 15) is 23.6 Å². The van der Waals surface area contributed by atoms with Crippen molar-refractivity contribution in [2.75, 3.05) is 23.3 Å². The van der Waals surface area contributed by atoms with Crippen molar-refractivity contribution in [1.82, 2.24) is 33.6 Å². The zero-order valence-electron chi connectivity index (χ0n) is 22.9. The van der Waals surface area contributed by atoms with Gasteiger partial charge in [0, 0.05) is 49.9 Å². The van der Waals surface area contributed by atoms with E-state index in [-0.39, 0.29) is 41.1 Å². The molecule has 1 aliphatic heterocycles. The fourth-order valence-corrected chi connectivity index (χ4v) is 5.58. The number of anilines is 2. The lowest BCUT2D eigenvalue weighted by atomic mass is 10.2. The van der Waals surface area contributed by atoms with Crippen LogP contribution in [0.2, 0.25) is 0 Å². The Balaban J connectivity index is 1.20. The molecule has 1 saturated heterocycles. The molecular weight excluding hydrogens is 533 g/mol. The molecule has 1 saturated carbocycles. The number of nitrogens with one attached hydrogen (secondary N) is 1. The van der Waals surface area contributed by atoms with Gasteiger partial charge < -0.3 is 14.8 Å². The van der Waals surface area contributed by atoms with Crippen LogP contribution in [0.5, 0.6) is 0 Å². The summed E-state index contributed by atoms with van der Waals surface area (Å²) in [5.74, 6) is 0.631. The summed E-state index contributed by atoms with van der Waals surface area (Å²) in [6.07, 6.45) is 4.46. The van der Waals surface area contributed by atoms with Crippen molar-refractivity contribution in [3.63, 3.8) is 0 Å². The number of fused-ring (bicyclic) bond motifs is 2. The fraction of sp³-hybridized carbons (Fsp3) is 0.407. The van der Waals surface area contributed by atoms with Crippen molar-refractivity contribution < 1.29 is 14.0 Å². The lowest BCUT2D eigenvalue weighted by Gasteiger charge is -2.21. The Bertz CT molecular complexity index is 1810. The number of aryl methyl sites for hydroxylation is 1. The first-order valence-electron chi connectivity index (χ1n) is 13.2. The highest BCUT2D eigenvalue weighted by Gasteiger charge is 2.66. The molecule has 1 aliphatic carbocycles. The number of hydrogen-bond donors (Lipinski definition) is 1. The Morgan fingerprint density at radius 3 is 2.54 bits per heavy atom. The van der Waals surface area contributed by atoms with Gasteiger partial charge in [0.15, 0.2) is 17.0 Å². The van der Waals surface area contributed by atoms with Gasteiger partial charge in [0.1, 0.15) is 29.1 Å². The highest BCUT2D eigenvalue weighted by atomic mass is 19.1. The number of halogens is 1. The molecule has 13 nitrogen and oxygen atoms in total. The van der Waals surface area contributed by atoms with Crippen LogP contribution in [-0.2, 0) is 23.2 Å². The van der Waals surface area contributed by atoms with Crippen LogP contribution < -0.4 is 21.5 Å². The average molecular weight is 562 g/mol. The normalized spacial score (nSPS) is 22.0. The molecular formula is C27H28FN9O4. The zero-order chi connectivity index (χ0) is 29.2. The van der Waals surface area contributed by atoms with Crippen molar-refractivity contribution in [3.8, 4) is 11.4 Å². The minimum atomic E-state index is -1.06. The quantitative estimate of drug-likeness (QED) is 0.353. The van der Waals surface area contributed by atoms with Gasteiger partial charge in [0.2, 0.25) is 5.91 Å². The Morgan fingerprint density at radius 2 is 1.88 bits per heavy atom. The highest BCUT2D eigenvalue weighted by molar-refractivity contribution is 5.93. The first-order chi connectivity index (χ1) is 19.5. The molecule has 4 aromatic rings. The van der Waals surface area contributed by atoms with Crippen LogP contribution in [0.25, 0.3) is 22.6 Å². The topological polar surface area (TPSA) is 150 Å². The number of piperidine rings is 1. The maximum Gasteiger partial charge on any atom is 0.332 e. The maximum absolute atomic E-state index is 14.2. The number of ketones is 1. The second kappa shape index (κ2) is 9.42. The summed E-state index contributed by atoms with van der Waals surface area (Å²) in [6.45, 7) is 5.42. The van der Waals surface area contributed by atoms with Crippen LogP contribution in [0.1, 0.15) is 26.8 Å². The number of carbonyl (C=O) groups excluding carboxylic acids is 2. The number of nitrogens with zero attached hydrogens (tertiary/aromatic N) is 8. The molecule has 3 atom stereocenters. The summed E-state index contributed by atoms with van der Waals surface area (Å²) in [5, 5.41) is 2.74. The zero-order valence-corrected chi connectivity index (χ0v) is 22.9. The van der Waals surface area contributed by atoms with Crippen LogP contribution in [-0.4, -0.2) is 64.1 Å². The molecule has 0 bridgehead atoms. The summed E-state index contributed by atoms with van der Waals surface area (Å²) in [6, 6.07) is 4.31. The third-order valence-electron chi connectivity index (χ3n) is 8.13. The van der Waals surface area contributed by atoms with Crippen molar-refractivity contribution in [3.05, 3.63) is 57.8 Å². The predicted molar refractivity (Wildman–Crippen MR) is 147 cm³/mol. The monoisotopic (exact) mass is 561 g/mol. The van der Waals surface area contributed by atoms with Gasteiger partial charge in [-0.1, -0.05) is 0 Å². The van der Waals surface area contributed by atoms with Gasteiger partial charge in [0.05, 0.1) is 12.9 Å². The minimum absolute atomic E-state index is 0.0250. The molecule has 4 aromatic heterocycles. The predicted octanol–water partition coefficient (Wildman–Crippen LogP) is 1.33. The smallest absolute Gasteiger partial charge is 0.332 e. The Labute approximate surface area is 232 Å². The van der Waals surface area contributed by atoms with E-state index < -0.39 is 28.9 Å². The number of hydrogen-bond acceptors (Lipinski definition) is 9. The molecule has 212 valence electrons. The minimum Gasteiger partial charge on any atom is -0.356 e. The number of Topliss-reactive ketones (excluding diaryl/α,β-unsaturated/α-hetero) is 1. The number of amides is 1.